The third-order valence-corrected chi connectivity index (χ3v) is 4.43. The van der Waals surface area contributed by atoms with Gasteiger partial charge in [-0.3, -0.25) is 4.79 Å². The number of hydrogen-bond donors (Lipinski definition) is 0. The summed E-state index contributed by atoms with van der Waals surface area (Å²) < 4.78 is 2.09. The molecule has 0 bridgehead atoms. The van der Waals surface area contributed by atoms with Crippen molar-refractivity contribution in [1.29, 1.82) is 0 Å². The standard InChI is InChI=1S/C17H27NO/c1-4-7-12-18-16(6-3)15-11-9-8-10-14(15)13(5-2)17(18)19/h4-12H2,1-3H3. The lowest BCUT2D eigenvalue weighted by atomic mass is 9.86. The fraction of sp³-hybridized carbons (Fsp3) is 0.706. The van der Waals surface area contributed by atoms with Gasteiger partial charge in [0.2, 0.25) is 0 Å². The fourth-order valence-electron chi connectivity index (χ4n) is 3.46. The molecule has 0 atom stereocenters. The summed E-state index contributed by atoms with van der Waals surface area (Å²) in [6.45, 7) is 7.41. The second-order valence-electron chi connectivity index (χ2n) is 5.61. The summed E-state index contributed by atoms with van der Waals surface area (Å²) in [5.74, 6) is 0. The highest BCUT2D eigenvalue weighted by Gasteiger charge is 2.21. The number of aromatic nitrogens is 1. The maximum Gasteiger partial charge on any atom is 0.254 e. The molecule has 106 valence electrons. The number of unbranched alkanes of at least 4 members (excludes halogenated alkanes) is 1. The predicted molar refractivity (Wildman–Crippen MR) is 81.0 cm³/mol. The molecule has 0 aliphatic heterocycles. The van der Waals surface area contributed by atoms with Crippen molar-refractivity contribution >= 4 is 0 Å². The van der Waals surface area contributed by atoms with Crippen LogP contribution in [0.4, 0.5) is 0 Å². The van der Waals surface area contributed by atoms with Crippen LogP contribution >= 0.6 is 0 Å². The number of rotatable bonds is 5. The predicted octanol–water partition coefficient (Wildman–Crippen LogP) is 3.65. The molecule has 1 aromatic heterocycles. The smallest absolute Gasteiger partial charge is 0.254 e. The van der Waals surface area contributed by atoms with Crippen molar-refractivity contribution in [3.8, 4) is 0 Å². The molecule has 0 aromatic carbocycles. The van der Waals surface area contributed by atoms with Gasteiger partial charge in [0, 0.05) is 17.8 Å². The van der Waals surface area contributed by atoms with Crippen LogP contribution in [0.25, 0.3) is 0 Å². The van der Waals surface area contributed by atoms with Crippen LogP contribution < -0.4 is 5.56 Å². The molecule has 2 nitrogen and oxygen atoms in total. The van der Waals surface area contributed by atoms with Crippen LogP contribution in [0.2, 0.25) is 0 Å². The van der Waals surface area contributed by atoms with Crippen LogP contribution in [0.15, 0.2) is 4.79 Å². The quantitative estimate of drug-likeness (QED) is 0.793. The molecular weight excluding hydrogens is 234 g/mol. The van der Waals surface area contributed by atoms with E-state index in [2.05, 4.69) is 25.3 Å². The van der Waals surface area contributed by atoms with Crippen LogP contribution in [0.1, 0.15) is 68.8 Å². The van der Waals surface area contributed by atoms with Gasteiger partial charge >= 0.3 is 0 Å². The summed E-state index contributed by atoms with van der Waals surface area (Å²) in [5, 5.41) is 0. The highest BCUT2D eigenvalue weighted by molar-refractivity contribution is 5.39. The molecule has 0 saturated carbocycles. The normalized spacial score (nSPS) is 14.5. The Morgan fingerprint density at radius 1 is 1.00 bits per heavy atom. The Morgan fingerprint density at radius 3 is 2.26 bits per heavy atom. The largest absolute Gasteiger partial charge is 0.312 e. The van der Waals surface area contributed by atoms with Crippen LogP contribution in [0.3, 0.4) is 0 Å². The third-order valence-electron chi connectivity index (χ3n) is 4.43. The monoisotopic (exact) mass is 261 g/mol. The molecule has 1 aliphatic carbocycles. The van der Waals surface area contributed by atoms with Crippen molar-refractivity contribution in [2.45, 2.75) is 78.7 Å². The summed E-state index contributed by atoms with van der Waals surface area (Å²) in [6.07, 6.45) is 8.97. The van der Waals surface area contributed by atoms with Crippen molar-refractivity contribution < 1.29 is 0 Å². The summed E-state index contributed by atoms with van der Waals surface area (Å²) in [6, 6.07) is 0. The first-order chi connectivity index (χ1) is 9.24. The zero-order valence-electron chi connectivity index (χ0n) is 12.7. The summed E-state index contributed by atoms with van der Waals surface area (Å²) in [5.41, 5.74) is 5.64. The molecule has 1 aromatic rings. The lowest BCUT2D eigenvalue weighted by Gasteiger charge is -2.25. The molecule has 0 unspecified atom stereocenters. The first-order valence-electron chi connectivity index (χ1n) is 8.00. The van der Waals surface area contributed by atoms with E-state index >= 15 is 0 Å². The molecule has 0 saturated heterocycles. The van der Waals surface area contributed by atoms with E-state index in [-0.39, 0.29) is 0 Å². The van der Waals surface area contributed by atoms with Crippen LogP contribution in [0.5, 0.6) is 0 Å². The van der Waals surface area contributed by atoms with E-state index in [9.17, 15) is 4.79 Å². The van der Waals surface area contributed by atoms with Crippen molar-refractivity contribution in [2.75, 3.05) is 0 Å². The lowest BCUT2D eigenvalue weighted by Crippen LogP contribution is -2.31. The molecule has 0 N–H and O–H groups in total. The third kappa shape index (κ3) is 2.63. The SMILES string of the molecule is CCCCn1c(CC)c2c(c(CC)c1=O)CCCC2. The van der Waals surface area contributed by atoms with Crippen molar-refractivity contribution in [3.63, 3.8) is 0 Å². The average Bonchev–Trinajstić information content (AvgIpc) is 2.44. The summed E-state index contributed by atoms with van der Waals surface area (Å²) in [7, 11) is 0. The highest BCUT2D eigenvalue weighted by Crippen LogP contribution is 2.26. The van der Waals surface area contributed by atoms with E-state index in [4.69, 9.17) is 0 Å². The van der Waals surface area contributed by atoms with Gasteiger partial charge in [-0.15, -0.1) is 0 Å². The van der Waals surface area contributed by atoms with Gasteiger partial charge in [-0.1, -0.05) is 27.2 Å². The van der Waals surface area contributed by atoms with Crippen LogP contribution in [-0.4, -0.2) is 4.57 Å². The molecule has 0 amide bonds. The average molecular weight is 261 g/mol. The maximum absolute atomic E-state index is 12.7. The Hall–Kier alpha value is -1.05. The molecule has 2 heteroatoms. The van der Waals surface area contributed by atoms with Gasteiger partial charge in [0.1, 0.15) is 0 Å². The maximum atomic E-state index is 12.7. The van der Waals surface area contributed by atoms with Crippen molar-refractivity contribution in [1.82, 2.24) is 4.57 Å². The first kappa shape index (κ1) is 14.4. The minimum atomic E-state index is 0.299. The minimum absolute atomic E-state index is 0.299. The van der Waals surface area contributed by atoms with Crippen LogP contribution in [0, 0.1) is 0 Å². The molecule has 1 heterocycles. The van der Waals surface area contributed by atoms with E-state index in [1.54, 1.807) is 0 Å². The molecule has 2 rings (SSSR count). The Kier molecular flexibility index (Phi) is 4.84. The van der Waals surface area contributed by atoms with Crippen LogP contribution in [-0.2, 0) is 32.2 Å². The zero-order valence-corrected chi connectivity index (χ0v) is 12.7. The highest BCUT2D eigenvalue weighted by atomic mass is 16.1. The Balaban J connectivity index is 2.62. The first-order valence-corrected chi connectivity index (χ1v) is 8.00. The van der Waals surface area contributed by atoms with Gasteiger partial charge < -0.3 is 4.57 Å². The number of hydrogen-bond acceptors (Lipinski definition) is 1. The Labute approximate surface area is 116 Å². The number of nitrogens with zero attached hydrogens (tertiary/aromatic N) is 1. The van der Waals surface area contributed by atoms with Gasteiger partial charge in [-0.05, 0) is 56.1 Å². The summed E-state index contributed by atoms with van der Waals surface area (Å²) >= 11 is 0. The zero-order chi connectivity index (χ0) is 13.8. The second-order valence-corrected chi connectivity index (χ2v) is 5.61. The number of fused-ring (bicyclic) bond motifs is 1. The molecule has 19 heavy (non-hydrogen) atoms. The van der Waals surface area contributed by atoms with Crippen molar-refractivity contribution in [3.05, 3.63) is 32.7 Å². The van der Waals surface area contributed by atoms with Gasteiger partial charge in [0.15, 0.2) is 0 Å². The molecule has 0 radical (unpaired) electrons. The van der Waals surface area contributed by atoms with E-state index in [1.807, 2.05) is 0 Å². The van der Waals surface area contributed by atoms with E-state index < -0.39 is 0 Å². The van der Waals surface area contributed by atoms with Gasteiger partial charge in [-0.25, -0.2) is 0 Å². The van der Waals surface area contributed by atoms with Gasteiger partial charge in [0.05, 0.1) is 0 Å². The van der Waals surface area contributed by atoms with Crippen molar-refractivity contribution in [2.24, 2.45) is 0 Å². The van der Waals surface area contributed by atoms with Gasteiger partial charge in [0.25, 0.3) is 5.56 Å². The van der Waals surface area contributed by atoms with E-state index in [1.165, 1.54) is 36.1 Å². The topological polar surface area (TPSA) is 22.0 Å². The van der Waals surface area contributed by atoms with E-state index in [0.29, 0.717) is 5.56 Å². The Morgan fingerprint density at radius 2 is 1.68 bits per heavy atom. The van der Waals surface area contributed by atoms with E-state index in [0.717, 1.165) is 44.2 Å². The second kappa shape index (κ2) is 6.40. The number of pyridine rings is 1. The molecule has 0 spiro atoms. The molecule has 0 fully saturated rings. The molecule has 1 aliphatic rings. The van der Waals surface area contributed by atoms with Gasteiger partial charge in [-0.2, -0.15) is 0 Å². The molecular formula is C17H27NO. The summed E-state index contributed by atoms with van der Waals surface area (Å²) in [4.78, 5) is 12.7. The Bertz CT molecular complexity index is 499. The fourth-order valence-corrected chi connectivity index (χ4v) is 3.46. The minimum Gasteiger partial charge on any atom is -0.312 e. The lowest BCUT2D eigenvalue weighted by molar-refractivity contribution is 0.561.